The molecule has 3 aromatic rings. The molecule has 4 rings (SSSR count). The Kier molecular flexibility index (Phi) is 5.72. The Morgan fingerprint density at radius 2 is 1.94 bits per heavy atom. The maximum Gasteiger partial charge on any atom is 0.267 e. The molecule has 0 bridgehead atoms. The second-order valence-electron chi connectivity index (χ2n) is 8.75. The van der Waals surface area contributed by atoms with Crippen LogP contribution in [0.15, 0.2) is 24.3 Å². The largest absolute Gasteiger partial charge is 0.396 e. The number of nitrogens with zero attached hydrogens (tertiary/aromatic N) is 3. The molecule has 164 valence electrons. The molecule has 0 aliphatic carbocycles. The van der Waals surface area contributed by atoms with Gasteiger partial charge in [0.1, 0.15) is 5.69 Å². The van der Waals surface area contributed by atoms with Gasteiger partial charge in [0.25, 0.3) is 5.91 Å². The van der Waals surface area contributed by atoms with E-state index in [9.17, 15) is 15.0 Å². The smallest absolute Gasteiger partial charge is 0.267 e. The SMILES string of the molecule is Cc1ccc(-c2cc3sc(N4CCC(CO)CC4)nc3cc2C(C)(C)O)c(C(N)=O)n1. The normalized spacial score (nSPS) is 15.6. The second kappa shape index (κ2) is 8.18. The molecule has 0 saturated carbocycles. The van der Waals surface area contributed by atoms with E-state index in [0.29, 0.717) is 22.7 Å². The highest BCUT2D eigenvalue weighted by Gasteiger charge is 2.27. The minimum Gasteiger partial charge on any atom is -0.396 e. The number of aliphatic hydroxyl groups excluding tert-OH is 1. The molecule has 2 aromatic heterocycles. The predicted octanol–water partition coefficient (Wildman–Crippen LogP) is 3.20. The molecule has 1 fully saturated rings. The Hall–Kier alpha value is -2.55. The van der Waals surface area contributed by atoms with Crippen molar-refractivity contribution in [1.82, 2.24) is 9.97 Å². The summed E-state index contributed by atoms with van der Waals surface area (Å²) in [6, 6.07) is 7.54. The van der Waals surface area contributed by atoms with Gasteiger partial charge in [-0.25, -0.2) is 9.97 Å². The maximum atomic E-state index is 12.1. The monoisotopic (exact) mass is 440 g/mol. The fraction of sp³-hybridized carbons (Fsp3) is 0.435. The van der Waals surface area contributed by atoms with E-state index in [-0.39, 0.29) is 12.3 Å². The van der Waals surface area contributed by atoms with Gasteiger partial charge in [-0.2, -0.15) is 0 Å². The standard InChI is InChI=1S/C23H28N4O3S/c1-13-4-5-15(20(25-13)21(24)29)16-10-19-18(11-17(16)23(2,3)30)26-22(31-19)27-8-6-14(12-28)7-9-27/h4-5,10-11,14,28,30H,6-9,12H2,1-3H3,(H2,24,29). The van der Waals surface area contributed by atoms with Crippen LogP contribution < -0.4 is 10.6 Å². The fourth-order valence-corrected chi connectivity index (χ4v) is 5.13. The zero-order valence-corrected chi connectivity index (χ0v) is 18.9. The van der Waals surface area contributed by atoms with E-state index in [1.165, 1.54) is 0 Å². The average Bonchev–Trinajstić information content (AvgIpc) is 3.15. The van der Waals surface area contributed by atoms with Crippen molar-refractivity contribution in [2.75, 3.05) is 24.6 Å². The first kappa shape index (κ1) is 21.7. The van der Waals surface area contributed by atoms with E-state index in [2.05, 4.69) is 9.88 Å². The summed E-state index contributed by atoms with van der Waals surface area (Å²) in [6.07, 6.45) is 1.90. The molecular weight excluding hydrogens is 412 g/mol. The highest BCUT2D eigenvalue weighted by Crippen LogP contribution is 2.40. The fourth-order valence-electron chi connectivity index (χ4n) is 4.09. The highest BCUT2D eigenvalue weighted by molar-refractivity contribution is 7.22. The Morgan fingerprint density at radius 3 is 2.55 bits per heavy atom. The Labute approximate surface area is 185 Å². The van der Waals surface area contributed by atoms with Crippen molar-refractivity contribution in [3.05, 3.63) is 41.2 Å². The molecule has 4 N–H and O–H groups in total. The molecule has 0 spiro atoms. The molecule has 1 aliphatic heterocycles. The van der Waals surface area contributed by atoms with Gasteiger partial charge in [-0.05, 0) is 68.9 Å². The summed E-state index contributed by atoms with van der Waals surface area (Å²) in [5.74, 6) is -0.238. The van der Waals surface area contributed by atoms with Crippen LogP contribution in [0.2, 0.25) is 0 Å². The predicted molar refractivity (Wildman–Crippen MR) is 123 cm³/mol. The van der Waals surface area contributed by atoms with E-state index >= 15 is 0 Å². The van der Waals surface area contributed by atoms with Gasteiger partial charge in [-0.1, -0.05) is 17.4 Å². The van der Waals surface area contributed by atoms with Gasteiger partial charge >= 0.3 is 0 Å². The number of hydrogen-bond acceptors (Lipinski definition) is 7. The summed E-state index contributed by atoms with van der Waals surface area (Å²) in [5.41, 5.74) is 8.19. The Morgan fingerprint density at radius 1 is 1.23 bits per heavy atom. The first-order valence-electron chi connectivity index (χ1n) is 10.5. The minimum atomic E-state index is -1.15. The number of piperidine rings is 1. The molecule has 3 heterocycles. The number of thiazole rings is 1. The average molecular weight is 441 g/mol. The topological polar surface area (TPSA) is 113 Å². The molecule has 0 unspecified atom stereocenters. The number of carbonyl (C=O) groups excluding carboxylic acids is 1. The number of amides is 1. The van der Waals surface area contributed by atoms with E-state index in [1.807, 2.05) is 31.2 Å². The number of fused-ring (bicyclic) bond motifs is 1. The van der Waals surface area contributed by atoms with Crippen molar-refractivity contribution in [3.8, 4) is 11.1 Å². The van der Waals surface area contributed by atoms with Crippen molar-refractivity contribution in [1.29, 1.82) is 0 Å². The van der Waals surface area contributed by atoms with E-state index in [0.717, 1.165) is 46.8 Å². The van der Waals surface area contributed by atoms with Crippen molar-refractivity contribution in [2.45, 2.75) is 39.2 Å². The third-order valence-corrected chi connectivity index (χ3v) is 6.96. The van der Waals surface area contributed by atoms with E-state index in [4.69, 9.17) is 10.7 Å². The van der Waals surface area contributed by atoms with Crippen LogP contribution in [0, 0.1) is 12.8 Å². The van der Waals surface area contributed by atoms with Gasteiger partial charge < -0.3 is 20.8 Å². The van der Waals surface area contributed by atoms with Gasteiger partial charge in [0.2, 0.25) is 0 Å². The molecule has 1 aromatic carbocycles. The number of aromatic nitrogens is 2. The van der Waals surface area contributed by atoms with Crippen molar-refractivity contribution in [2.24, 2.45) is 11.7 Å². The summed E-state index contributed by atoms with van der Waals surface area (Å²) in [6.45, 7) is 7.21. The third-order valence-electron chi connectivity index (χ3n) is 5.88. The molecule has 1 aliphatic rings. The summed E-state index contributed by atoms with van der Waals surface area (Å²) < 4.78 is 0.971. The molecule has 0 radical (unpaired) electrons. The van der Waals surface area contributed by atoms with Crippen molar-refractivity contribution < 1.29 is 15.0 Å². The van der Waals surface area contributed by atoms with Crippen LogP contribution in [0.3, 0.4) is 0 Å². The molecule has 1 amide bonds. The van der Waals surface area contributed by atoms with Gasteiger partial charge in [0.05, 0.1) is 15.8 Å². The number of hydrogen-bond donors (Lipinski definition) is 3. The number of aryl methyl sites for hydroxylation is 1. The summed E-state index contributed by atoms with van der Waals surface area (Å²) in [4.78, 5) is 23.5. The Bertz CT molecular complexity index is 1130. The van der Waals surface area contributed by atoms with Crippen LogP contribution in [-0.4, -0.2) is 45.8 Å². The maximum absolute atomic E-state index is 12.1. The molecule has 0 atom stereocenters. The lowest BCUT2D eigenvalue weighted by atomic mass is 9.88. The first-order chi connectivity index (χ1) is 14.7. The van der Waals surface area contributed by atoms with Gasteiger partial charge in [-0.3, -0.25) is 4.79 Å². The number of benzene rings is 1. The quantitative estimate of drug-likeness (QED) is 0.562. The van der Waals surface area contributed by atoms with Crippen LogP contribution in [0.5, 0.6) is 0 Å². The van der Waals surface area contributed by atoms with Crippen LogP contribution in [-0.2, 0) is 5.60 Å². The number of nitrogens with two attached hydrogens (primary N) is 1. The van der Waals surface area contributed by atoms with Gasteiger partial charge in [0.15, 0.2) is 5.13 Å². The van der Waals surface area contributed by atoms with Gasteiger partial charge in [0, 0.05) is 31.0 Å². The van der Waals surface area contributed by atoms with E-state index in [1.54, 1.807) is 25.2 Å². The summed E-state index contributed by atoms with van der Waals surface area (Å²) in [7, 11) is 0. The zero-order valence-electron chi connectivity index (χ0n) is 18.1. The number of pyridine rings is 1. The number of rotatable bonds is 5. The van der Waals surface area contributed by atoms with Gasteiger partial charge in [-0.15, -0.1) is 0 Å². The van der Waals surface area contributed by atoms with Crippen LogP contribution >= 0.6 is 11.3 Å². The third kappa shape index (κ3) is 4.28. The molecule has 1 saturated heterocycles. The Balaban J connectivity index is 1.83. The molecular formula is C23H28N4O3S. The molecule has 7 nitrogen and oxygen atoms in total. The van der Waals surface area contributed by atoms with E-state index < -0.39 is 11.5 Å². The summed E-state index contributed by atoms with van der Waals surface area (Å²) >= 11 is 1.59. The number of primary amides is 1. The molecule has 8 heteroatoms. The number of anilines is 1. The van der Waals surface area contributed by atoms with Crippen molar-refractivity contribution in [3.63, 3.8) is 0 Å². The van der Waals surface area contributed by atoms with Crippen LogP contribution in [0.4, 0.5) is 5.13 Å². The highest BCUT2D eigenvalue weighted by atomic mass is 32.1. The minimum absolute atomic E-state index is 0.195. The second-order valence-corrected chi connectivity index (χ2v) is 9.76. The van der Waals surface area contributed by atoms with Crippen LogP contribution in [0.25, 0.3) is 21.3 Å². The van der Waals surface area contributed by atoms with Crippen LogP contribution in [0.1, 0.15) is 48.4 Å². The van der Waals surface area contributed by atoms with Crippen molar-refractivity contribution >= 4 is 32.6 Å². The summed E-state index contributed by atoms with van der Waals surface area (Å²) in [5, 5.41) is 21.2. The first-order valence-corrected chi connectivity index (χ1v) is 11.3. The number of carbonyl (C=O) groups is 1. The zero-order chi connectivity index (χ0) is 22.3. The lowest BCUT2D eigenvalue weighted by Crippen LogP contribution is -2.34. The lowest BCUT2D eigenvalue weighted by molar-refractivity contribution is 0.0792. The number of aliphatic hydroxyl groups is 2. The molecule has 31 heavy (non-hydrogen) atoms. The lowest BCUT2D eigenvalue weighted by Gasteiger charge is -2.30.